The Kier molecular flexibility index (Phi) is 9.13. The van der Waals surface area contributed by atoms with E-state index in [0.717, 1.165) is 51.5 Å². The Bertz CT molecular complexity index is 273. The van der Waals surface area contributed by atoms with Gasteiger partial charge in [-0.1, -0.05) is 19.1 Å². The van der Waals surface area contributed by atoms with E-state index in [1.54, 1.807) is 0 Å². The molecule has 1 heterocycles. The molecule has 3 nitrogen and oxygen atoms in total. The summed E-state index contributed by atoms with van der Waals surface area (Å²) in [6.07, 6.45) is 6.29. The van der Waals surface area contributed by atoms with E-state index in [1.807, 2.05) is 0 Å². The van der Waals surface area contributed by atoms with E-state index in [4.69, 9.17) is 5.73 Å². The van der Waals surface area contributed by atoms with Gasteiger partial charge in [0.1, 0.15) is 7.28 Å². The Balaban J connectivity index is 0.00000162. The van der Waals surface area contributed by atoms with Gasteiger partial charge in [0.25, 0.3) is 0 Å². The highest BCUT2D eigenvalue weighted by Gasteiger charge is 2.26. The van der Waals surface area contributed by atoms with Gasteiger partial charge in [0.05, 0.1) is 0 Å². The molecule has 2 rings (SSSR count). The topological polar surface area (TPSA) is 46.3 Å². The van der Waals surface area contributed by atoms with Gasteiger partial charge in [-0.05, 0) is 31.6 Å². The third-order valence-electron chi connectivity index (χ3n) is 4.18. The number of amides is 1. The van der Waals surface area contributed by atoms with Crippen LogP contribution in [0.25, 0.3) is 0 Å². The van der Waals surface area contributed by atoms with Crippen LogP contribution in [0.1, 0.15) is 39.0 Å². The Morgan fingerprint density at radius 3 is 2.47 bits per heavy atom. The van der Waals surface area contributed by atoms with Gasteiger partial charge in [0, 0.05) is 25.6 Å². The van der Waals surface area contributed by atoms with Crippen molar-refractivity contribution in [2.75, 3.05) is 13.1 Å². The number of carbonyl (C=O) groups is 1. The van der Waals surface area contributed by atoms with Crippen LogP contribution in [0.2, 0.25) is 12.1 Å². The average molecular weight is 308 g/mol. The van der Waals surface area contributed by atoms with Crippen molar-refractivity contribution in [3.05, 3.63) is 0 Å². The third-order valence-corrected chi connectivity index (χ3v) is 4.18. The molecule has 0 spiro atoms. The van der Waals surface area contributed by atoms with Crippen LogP contribution in [-0.2, 0) is 4.79 Å². The number of nitrogens with zero attached hydrogens (tertiary/aromatic N) is 1. The molecule has 111 valence electrons. The van der Waals surface area contributed by atoms with E-state index in [-0.39, 0.29) is 24.8 Å². The maximum atomic E-state index is 12.2. The Labute approximate surface area is 130 Å². The number of hydrogen-bond donors (Lipinski definition) is 1. The van der Waals surface area contributed by atoms with Crippen molar-refractivity contribution in [1.82, 2.24) is 4.90 Å². The molecular weight excluding hydrogens is 282 g/mol. The molecule has 1 saturated carbocycles. The molecule has 1 unspecified atom stereocenters. The number of carbonyl (C=O) groups excluding carboxylic acids is 1. The highest BCUT2D eigenvalue weighted by molar-refractivity contribution is 6.38. The zero-order chi connectivity index (χ0) is 12.3. The summed E-state index contributed by atoms with van der Waals surface area (Å²) in [7, 11) is 2.32. The van der Waals surface area contributed by atoms with Gasteiger partial charge in [-0.15, -0.1) is 24.8 Å². The highest BCUT2D eigenvalue weighted by atomic mass is 35.5. The van der Waals surface area contributed by atoms with E-state index in [2.05, 4.69) is 19.1 Å². The minimum absolute atomic E-state index is 0. The van der Waals surface area contributed by atoms with Gasteiger partial charge in [0.15, 0.2) is 0 Å². The quantitative estimate of drug-likeness (QED) is 0.797. The summed E-state index contributed by atoms with van der Waals surface area (Å²) in [5.41, 5.74) is 5.89. The molecule has 0 aromatic carbocycles. The van der Waals surface area contributed by atoms with Gasteiger partial charge >= 0.3 is 0 Å². The molecule has 2 aliphatic rings. The Morgan fingerprint density at radius 1 is 1.26 bits per heavy atom. The molecule has 0 aromatic heterocycles. The van der Waals surface area contributed by atoms with E-state index < -0.39 is 0 Å². The van der Waals surface area contributed by atoms with Crippen LogP contribution >= 0.6 is 24.8 Å². The standard InChI is InChI=1S/C13H24BN2O.2ClH/c1-10-9-16(7-6-14-10)13(17)8-11-2-4-12(15)5-3-11;;/h10-12H,2-9,15H2,1H3;2*1H. The predicted octanol–water partition coefficient (Wildman–Crippen LogP) is 2.51. The summed E-state index contributed by atoms with van der Waals surface area (Å²) >= 11 is 0. The molecular formula is C13H26BCl2N2O. The van der Waals surface area contributed by atoms with Gasteiger partial charge < -0.3 is 10.6 Å². The first kappa shape index (κ1) is 19.1. The van der Waals surface area contributed by atoms with Crippen LogP contribution in [0.5, 0.6) is 0 Å². The van der Waals surface area contributed by atoms with Gasteiger partial charge in [0.2, 0.25) is 5.91 Å². The van der Waals surface area contributed by atoms with Crippen molar-refractivity contribution in [3.63, 3.8) is 0 Å². The molecule has 1 atom stereocenters. The lowest BCUT2D eigenvalue weighted by Gasteiger charge is -2.33. The Morgan fingerprint density at radius 2 is 1.89 bits per heavy atom. The molecule has 19 heavy (non-hydrogen) atoms. The largest absolute Gasteiger partial charge is 0.344 e. The molecule has 0 aromatic rings. The lowest BCUT2D eigenvalue weighted by atomic mass is 9.60. The molecule has 0 bridgehead atoms. The van der Waals surface area contributed by atoms with Crippen LogP contribution in [0.15, 0.2) is 0 Å². The highest BCUT2D eigenvalue weighted by Crippen LogP contribution is 2.27. The predicted molar refractivity (Wildman–Crippen MR) is 85.6 cm³/mol. The molecule has 1 radical (unpaired) electrons. The van der Waals surface area contributed by atoms with Crippen LogP contribution in [0.3, 0.4) is 0 Å². The molecule has 6 heteroatoms. The molecule has 1 amide bonds. The lowest BCUT2D eigenvalue weighted by molar-refractivity contribution is -0.132. The number of halogens is 2. The van der Waals surface area contributed by atoms with Crippen molar-refractivity contribution in [2.24, 2.45) is 11.7 Å². The summed E-state index contributed by atoms with van der Waals surface area (Å²) in [6, 6.07) is 0.381. The minimum Gasteiger partial charge on any atom is -0.344 e. The van der Waals surface area contributed by atoms with Crippen LogP contribution in [0.4, 0.5) is 0 Å². The van der Waals surface area contributed by atoms with E-state index in [1.165, 1.54) is 0 Å². The molecule has 1 aliphatic carbocycles. The molecule has 2 N–H and O–H groups in total. The fourth-order valence-electron chi connectivity index (χ4n) is 3.02. The van der Waals surface area contributed by atoms with E-state index in [9.17, 15) is 4.79 Å². The lowest BCUT2D eigenvalue weighted by Crippen LogP contribution is -2.40. The SMILES string of the molecule is CC1[B]CCN(C(=O)CC2CCC(N)CC2)C1.Cl.Cl. The zero-order valence-corrected chi connectivity index (χ0v) is 13.3. The third kappa shape index (κ3) is 5.93. The number of hydrogen-bond acceptors (Lipinski definition) is 2. The van der Waals surface area contributed by atoms with Crippen molar-refractivity contribution in [3.8, 4) is 0 Å². The van der Waals surface area contributed by atoms with E-state index >= 15 is 0 Å². The second-order valence-electron chi connectivity index (χ2n) is 5.83. The first-order valence-electron chi connectivity index (χ1n) is 7.02. The smallest absolute Gasteiger partial charge is 0.222 e. The normalized spacial score (nSPS) is 30.6. The second kappa shape index (κ2) is 9.09. The molecule has 1 aliphatic heterocycles. The summed E-state index contributed by atoms with van der Waals surface area (Å²) in [4.78, 5) is 14.2. The van der Waals surface area contributed by atoms with Gasteiger partial charge in [-0.2, -0.15) is 0 Å². The van der Waals surface area contributed by atoms with Crippen LogP contribution in [0, 0.1) is 5.92 Å². The van der Waals surface area contributed by atoms with E-state index in [0.29, 0.717) is 23.7 Å². The molecule has 1 saturated heterocycles. The summed E-state index contributed by atoms with van der Waals surface area (Å²) in [6.45, 7) is 4.04. The maximum absolute atomic E-state index is 12.2. The zero-order valence-electron chi connectivity index (χ0n) is 11.7. The van der Waals surface area contributed by atoms with Gasteiger partial charge in [-0.3, -0.25) is 4.79 Å². The molecule has 2 fully saturated rings. The van der Waals surface area contributed by atoms with Crippen molar-refractivity contribution in [1.29, 1.82) is 0 Å². The summed E-state index contributed by atoms with van der Waals surface area (Å²) in [5, 5.41) is 0. The second-order valence-corrected chi connectivity index (χ2v) is 5.83. The average Bonchev–Trinajstić information content (AvgIpc) is 2.32. The first-order chi connectivity index (χ1) is 8.15. The van der Waals surface area contributed by atoms with Crippen LogP contribution in [-0.4, -0.2) is 37.2 Å². The maximum Gasteiger partial charge on any atom is 0.222 e. The van der Waals surface area contributed by atoms with Crippen molar-refractivity contribution < 1.29 is 4.79 Å². The number of nitrogens with two attached hydrogens (primary N) is 1. The fourth-order valence-corrected chi connectivity index (χ4v) is 3.02. The van der Waals surface area contributed by atoms with Crippen molar-refractivity contribution >= 4 is 38.0 Å². The van der Waals surface area contributed by atoms with Crippen LogP contribution < -0.4 is 5.73 Å². The monoisotopic (exact) mass is 307 g/mol. The fraction of sp³-hybridized carbons (Fsp3) is 0.923. The Hall–Kier alpha value is 0.0749. The minimum atomic E-state index is 0. The number of rotatable bonds is 2. The first-order valence-corrected chi connectivity index (χ1v) is 7.02. The summed E-state index contributed by atoms with van der Waals surface area (Å²) < 4.78 is 0. The van der Waals surface area contributed by atoms with Crippen molar-refractivity contribution in [2.45, 2.75) is 57.2 Å². The van der Waals surface area contributed by atoms with Gasteiger partial charge in [-0.25, -0.2) is 0 Å². The summed E-state index contributed by atoms with van der Waals surface area (Å²) in [5.74, 6) is 1.52.